The molecule has 2 amide bonds. The number of rotatable bonds is 3. The average molecular weight is 388 g/mol. The number of fused-ring (bicyclic) bond motifs is 4. The van der Waals surface area contributed by atoms with Crippen molar-refractivity contribution < 1.29 is 14.0 Å². The van der Waals surface area contributed by atoms with Crippen LogP contribution in [0.15, 0.2) is 76.0 Å². The van der Waals surface area contributed by atoms with Gasteiger partial charge in [0.25, 0.3) is 0 Å². The maximum atomic E-state index is 12.5. The van der Waals surface area contributed by atoms with Crippen LogP contribution < -0.4 is 10.6 Å². The Morgan fingerprint density at radius 2 is 1.79 bits per heavy atom. The first kappa shape index (κ1) is 16.9. The lowest BCUT2D eigenvalue weighted by Gasteiger charge is -2.23. The molecule has 0 bridgehead atoms. The van der Waals surface area contributed by atoms with Crippen molar-refractivity contribution in [3.8, 4) is 0 Å². The van der Waals surface area contributed by atoms with Crippen LogP contribution in [0.3, 0.4) is 0 Å². The Morgan fingerprint density at radius 3 is 2.71 bits per heavy atom. The number of carbonyl (C=O) groups excluding carboxylic acids is 2. The highest BCUT2D eigenvalue weighted by atomic mass is 32.2. The smallest absolute Gasteiger partial charge is 0.238 e. The summed E-state index contributed by atoms with van der Waals surface area (Å²) in [6.07, 6.45) is 0.106. The zero-order valence-corrected chi connectivity index (χ0v) is 15.6. The van der Waals surface area contributed by atoms with Crippen molar-refractivity contribution in [3.63, 3.8) is 0 Å². The molecule has 5 nitrogen and oxygen atoms in total. The maximum absolute atomic E-state index is 12.5. The van der Waals surface area contributed by atoms with Gasteiger partial charge in [-0.1, -0.05) is 30.3 Å². The molecule has 0 saturated heterocycles. The molecule has 1 atom stereocenters. The van der Waals surface area contributed by atoms with E-state index in [9.17, 15) is 9.59 Å². The third kappa shape index (κ3) is 3.01. The summed E-state index contributed by atoms with van der Waals surface area (Å²) in [4.78, 5) is 25.8. The lowest BCUT2D eigenvalue weighted by molar-refractivity contribution is -0.120. The van der Waals surface area contributed by atoms with E-state index in [-0.39, 0.29) is 18.2 Å². The van der Waals surface area contributed by atoms with Crippen LogP contribution in [0, 0.1) is 0 Å². The highest BCUT2D eigenvalue weighted by Crippen LogP contribution is 2.37. The van der Waals surface area contributed by atoms with Crippen LogP contribution >= 0.6 is 11.8 Å². The molecule has 0 radical (unpaired) electrons. The van der Waals surface area contributed by atoms with Crippen LogP contribution in [0.25, 0.3) is 21.9 Å². The summed E-state index contributed by atoms with van der Waals surface area (Å²) >= 11 is 1.42. The third-order valence-electron chi connectivity index (χ3n) is 4.74. The second kappa shape index (κ2) is 6.73. The van der Waals surface area contributed by atoms with Gasteiger partial charge in [0.05, 0.1) is 10.9 Å². The molecule has 0 fully saturated rings. The van der Waals surface area contributed by atoms with E-state index in [1.807, 2.05) is 66.7 Å². The fourth-order valence-corrected chi connectivity index (χ4v) is 4.52. The van der Waals surface area contributed by atoms with E-state index in [0.29, 0.717) is 5.69 Å². The minimum atomic E-state index is -0.451. The largest absolute Gasteiger partial charge is 0.456 e. The third-order valence-corrected chi connectivity index (χ3v) is 6.01. The number of anilines is 2. The predicted octanol–water partition coefficient (Wildman–Crippen LogP) is 5.03. The Morgan fingerprint density at radius 1 is 1.00 bits per heavy atom. The number of furan rings is 1. The van der Waals surface area contributed by atoms with Crippen molar-refractivity contribution in [1.29, 1.82) is 0 Å². The Balaban J connectivity index is 1.34. The summed E-state index contributed by atoms with van der Waals surface area (Å²) in [6.45, 7) is 0. The molecule has 6 heteroatoms. The summed E-state index contributed by atoms with van der Waals surface area (Å²) < 4.78 is 5.81. The van der Waals surface area contributed by atoms with Gasteiger partial charge in [0, 0.05) is 27.8 Å². The Hall–Kier alpha value is -3.25. The van der Waals surface area contributed by atoms with Gasteiger partial charge in [0.15, 0.2) is 0 Å². The quantitative estimate of drug-likeness (QED) is 0.516. The lowest BCUT2D eigenvalue weighted by atomic mass is 10.1. The van der Waals surface area contributed by atoms with Gasteiger partial charge in [-0.2, -0.15) is 0 Å². The zero-order valence-electron chi connectivity index (χ0n) is 14.8. The molecule has 0 aliphatic carbocycles. The SMILES string of the molecule is O=C(CC1Sc2ccccc2NC1=O)Nc1ccc2oc3ccccc3c2c1. The predicted molar refractivity (Wildman–Crippen MR) is 112 cm³/mol. The first-order valence-electron chi connectivity index (χ1n) is 8.95. The molecule has 0 spiro atoms. The summed E-state index contributed by atoms with van der Waals surface area (Å²) in [7, 11) is 0. The summed E-state index contributed by atoms with van der Waals surface area (Å²) in [5.74, 6) is -0.339. The van der Waals surface area contributed by atoms with E-state index in [2.05, 4.69) is 10.6 Å². The molecule has 2 heterocycles. The molecule has 1 aliphatic heterocycles. The van der Waals surface area contributed by atoms with E-state index in [1.54, 1.807) is 0 Å². The van der Waals surface area contributed by atoms with Crippen molar-refractivity contribution >= 4 is 56.9 Å². The van der Waals surface area contributed by atoms with Crippen LogP contribution in [0.2, 0.25) is 0 Å². The molecular weight excluding hydrogens is 372 g/mol. The Bertz CT molecular complexity index is 1230. The molecular formula is C22H16N2O3S. The van der Waals surface area contributed by atoms with Crippen molar-refractivity contribution in [2.24, 2.45) is 0 Å². The van der Waals surface area contributed by atoms with Crippen molar-refractivity contribution in [2.75, 3.05) is 10.6 Å². The van der Waals surface area contributed by atoms with Crippen molar-refractivity contribution in [1.82, 2.24) is 0 Å². The first-order valence-corrected chi connectivity index (χ1v) is 9.83. The van der Waals surface area contributed by atoms with E-state index in [0.717, 1.165) is 32.5 Å². The molecule has 28 heavy (non-hydrogen) atoms. The maximum Gasteiger partial charge on any atom is 0.238 e. The molecule has 138 valence electrons. The van der Waals surface area contributed by atoms with Gasteiger partial charge >= 0.3 is 0 Å². The molecule has 0 saturated carbocycles. The van der Waals surface area contributed by atoms with Crippen LogP contribution in [0.5, 0.6) is 0 Å². The van der Waals surface area contributed by atoms with Gasteiger partial charge in [0.1, 0.15) is 11.2 Å². The number of thioether (sulfide) groups is 1. The van der Waals surface area contributed by atoms with Gasteiger partial charge in [-0.05, 0) is 36.4 Å². The minimum absolute atomic E-state index is 0.106. The van der Waals surface area contributed by atoms with Crippen LogP contribution in [-0.2, 0) is 9.59 Å². The number of carbonyl (C=O) groups is 2. The van der Waals surface area contributed by atoms with E-state index in [1.165, 1.54) is 11.8 Å². The number of amides is 2. The average Bonchev–Trinajstić information content (AvgIpc) is 3.06. The molecule has 5 rings (SSSR count). The fraction of sp³-hybridized carbons (Fsp3) is 0.0909. The van der Waals surface area contributed by atoms with Gasteiger partial charge in [0.2, 0.25) is 11.8 Å². The standard InChI is InChI=1S/C22H16N2O3S/c25-21(12-20-22(26)24-16-6-2-4-8-19(16)28-20)23-13-9-10-18-15(11-13)14-5-1-3-7-17(14)27-18/h1-11,20H,12H2,(H,23,25)(H,24,26). The molecule has 3 aromatic carbocycles. The minimum Gasteiger partial charge on any atom is -0.456 e. The molecule has 1 unspecified atom stereocenters. The first-order chi connectivity index (χ1) is 13.7. The van der Waals surface area contributed by atoms with E-state index >= 15 is 0 Å². The van der Waals surface area contributed by atoms with E-state index in [4.69, 9.17) is 4.42 Å². The number of benzene rings is 3. The summed E-state index contributed by atoms with van der Waals surface area (Å²) in [5, 5.41) is 7.28. The van der Waals surface area contributed by atoms with Crippen LogP contribution in [0.1, 0.15) is 6.42 Å². The molecule has 2 N–H and O–H groups in total. The lowest BCUT2D eigenvalue weighted by Crippen LogP contribution is -2.32. The fourth-order valence-electron chi connectivity index (χ4n) is 3.41. The number of para-hydroxylation sites is 2. The van der Waals surface area contributed by atoms with Crippen molar-refractivity contribution in [2.45, 2.75) is 16.6 Å². The van der Waals surface area contributed by atoms with Gasteiger partial charge in [-0.25, -0.2) is 0 Å². The highest BCUT2D eigenvalue weighted by molar-refractivity contribution is 8.01. The number of nitrogens with one attached hydrogen (secondary N) is 2. The van der Waals surface area contributed by atoms with Crippen LogP contribution in [0.4, 0.5) is 11.4 Å². The second-order valence-corrected chi connectivity index (χ2v) is 7.90. The monoisotopic (exact) mass is 388 g/mol. The number of hydrogen-bond acceptors (Lipinski definition) is 4. The van der Waals surface area contributed by atoms with Gasteiger partial charge < -0.3 is 15.1 Å². The summed E-state index contributed by atoms with van der Waals surface area (Å²) in [6, 6.07) is 21.0. The number of hydrogen-bond donors (Lipinski definition) is 2. The highest BCUT2D eigenvalue weighted by Gasteiger charge is 2.28. The zero-order chi connectivity index (χ0) is 19.1. The Kier molecular flexibility index (Phi) is 4.06. The molecule has 4 aromatic rings. The van der Waals surface area contributed by atoms with Crippen LogP contribution in [-0.4, -0.2) is 17.1 Å². The van der Waals surface area contributed by atoms with Crippen molar-refractivity contribution in [3.05, 3.63) is 66.7 Å². The Labute approximate surface area is 165 Å². The second-order valence-electron chi connectivity index (χ2n) is 6.65. The van der Waals surface area contributed by atoms with E-state index < -0.39 is 5.25 Å². The topological polar surface area (TPSA) is 71.3 Å². The molecule has 1 aromatic heterocycles. The summed E-state index contributed by atoms with van der Waals surface area (Å²) in [5.41, 5.74) is 3.07. The molecule has 1 aliphatic rings. The normalized spacial score (nSPS) is 16.0. The van der Waals surface area contributed by atoms with Gasteiger partial charge in [-0.3, -0.25) is 9.59 Å². The van der Waals surface area contributed by atoms with Gasteiger partial charge in [-0.15, -0.1) is 11.8 Å².